The van der Waals surface area contributed by atoms with Crippen LogP contribution in [0, 0.1) is 17.2 Å². The Bertz CT molecular complexity index is 131. The standard InChI is InChI=1S/C9H13N/c1-3-5-9(6-4-2)7-8-10/h3-4,9H,1-2,5-7H2. The highest BCUT2D eigenvalue weighted by molar-refractivity contribution is 4.85. The molecule has 0 N–H and O–H groups in total. The molecule has 0 saturated carbocycles. The van der Waals surface area contributed by atoms with Gasteiger partial charge in [0.1, 0.15) is 0 Å². The van der Waals surface area contributed by atoms with E-state index in [2.05, 4.69) is 19.2 Å². The van der Waals surface area contributed by atoms with E-state index in [9.17, 15) is 0 Å². The van der Waals surface area contributed by atoms with Crippen molar-refractivity contribution in [3.05, 3.63) is 25.3 Å². The Labute approximate surface area is 62.7 Å². The monoisotopic (exact) mass is 135 g/mol. The number of rotatable bonds is 5. The topological polar surface area (TPSA) is 23.8 Å². The number of hydrogen-bond acceptors (Lipinski definition) is 1. The van der Waals surface area contributed by atoms with Gasteiger partial charge in [-0.25, -0.2) is 0 Å². The van der Waals surface area contributed by atoms with E-state index < -0.39 is 0 Å². The third-order valence-electron chi connectivity index (χ3n) is 1.38. The fraction of sp³-hybridized carbons (Fsp3) is 0.444. The Morgan fingerprint density at radius 2 is 1.80 bits per heavy atom. The summed E-state index contributed by atoms with van der Waals surface area (Å²) in [5.74, 6) is 0.431. The molecule has 0 bridgehead atoms. The summed E-state index contributed by atoms with van der Waals surface area (Å²) in [6.45, 7) is 7.24. The van der Waals surface area contributed by atoms with E-state index in [0.717, 1.165) is 12.8 Å². The smallest absolute Gasteiger partial charge is 0.0624 e. The van der Waals surface area contributed by atoms with E-state index in [1.807, 2.05) is 12.2 Å². The molecule has 1 nitrogen and oxygen atoms in total. The van der Waals surface area contributed by atoms with Crippen molar-refractivity contribution in [1.82, 2.24) is 0 Å². The average molecular weight is 135 g/mol. The molecule has 0 rings (SSSR count). The second kappa shape index (κ2) is 6.10. The van der Waals surface area contributed by atoms with Crippen LogP contribution in [0.1, 0.15) is 19.3 Å². The van der Waals surface area contributed by atoms with Crippen molar-refractivity contribution in [3.8, 4) is 6.07 Å². The molecule has 10 heavy (non-hydrogen) atoms. The summed E-state index contributed by atoms with van der Waals surface area (Å²) >= 11 is 0. The predicted octanol–water partition coefficient (Wildman–Crippen LogP) is 2.67. The van der Waals surface area contributed by atoms with Crippen molar-refractivity contribution in [3.63, 3.8) is 0 Å². The lowest BCUT2D eigenvalue weighted by atomic mass is 9.99. The average Bonchev–Trinajstić information content (AvgIpc) is 1.90. The number of nitrogens with zero attached hydrogens (tertiary/aromatic N) is 1. The van der Waals surface area contributed by atoms with E-state index in [-0.39, 0.29) is 0 Å². The Balaban J connectivity index is 3.61. The van der Waals surface area contributed by atoms with E-state index >= 15 is 0 Å². The largest absolute Gasteiger partial charge is 0.198 e. The molecule has 0 saturated heterocycles. The summed E-state index contributed by atoms with van der Waals surface area (Å²) in [7, 11) is 0. The maximum Gasteiger partial charge on any atom is 0.0624 e. The van der Waals surface area contributed by atoms with Gasteiger partial charge in [0, 0.05) is 6.42 Å². The molecule has 0 aliphatic carbocycles. The minimum Gasteiger partial charge on any atom is -0.198 e. The first-order chi connectivity index (χ1) is 4.85. The van der Waals surface area contributed by atoms with Crippen LogP contribution in [0.5, 0.6) is 0 Å². The maximum absolute atomic E-state index is 8.37. The normalized spacial score (nSPS) is 8.80. The molecule has 0 aliphatic heterocycles. The highest BCUT2D eigenvalue weighted by atomic mass is 14.2. The summed E-state index contributed by atoms with van der Waals surface area (Å²) in [5, 5.41) is 8.37. The summed E-state index contributed by atoms with van der Waals surface area (Å²) < 4.78 is 0. The molecule has 0 aromatic carbocycles. The first-order valence-electron chi connectivity index (χ1n) is 3.43. The van der Waals surface area contributed by atoms with Crippen LogP contribution in [-0.4, -0.2) is 0 Å². The molecule has 0 unspecified atom stereocenters. The van der Waals surface area contributed by atoms with Gasteiger partial charge in [-0.3, -0.25) is 0 Å². The quantitative estimate of drug-likeness (QED) is 0.532. The van der Waals surface area contributed by atoms with Crippen molar-refractivity contribution in [2.24, 2.45) is 5.92 Å². The van der Waals surface area contributed by atoms with Crippen LogP contribution in [0.3, 0.4) is 0 Å². The molecule has 0 aromatic heterocycles. The van der Waals surface area contributed by atoms with Crippen LogP contribution < -0.4 is 0 Å². The van der Waals surface area contributed by atoms with E-state index in [1.165, 1.54) is 0 Å². The third-order valence-corrected chi connectivity index (χ3v) is 1.38. The van der Waals surface area contributed by atoms with Gasteiger partial charge >= 0.3 is 0 Å². The molecule has 0 heterocycles. The zero-order valence-electron chi connectivity index (χ0n) is 6.21. The van der Waals surface area contributed by atoms with E-state index in [1.54, 1.807) is 0 Å². The Morgan fingerprint density at radius 1 is 1.30 bits per heavy atom. The Kier molecular flexibility index (Phi) is 5.47. The van der Waals surface area contributed by atoms with Crippen LogP contribution >= 0.6 is 0 Å². The SMILES string of the molecule is C=CCC(CC#N)CC=C. The molecule has 1 heteroatoms. The molecule has 0 atom stereocenters. The minimum atomic E-state index is 0.431. The summed E-state index contributed by atoms with van der Waals surface area (Å²) in [5.41, 5.74) is 0. The van der Waals surface area contributed by atoms with Crippen molar-refractivity contribution >= 4 is 0 Å². The van der Waals surface area contributed by atoms with Gasteiger partial charge in [-0.2, -0.15) is 5.26 Å². The zero-order valence-corrected chi connectivity index (χ0v) is 6.21. The van der Waals surface area contributed by atoms with Gasteiger partial charge in [-0.15, -0.1) is 13.2 Å². The molecular formula is C9H13N. The van der Waals surface area contributed by atoms with Crippen molar-refractivity contribution < 1.29 is 0 Å². The predicted molar refractivity (Wildman–Crippen MR) is 43.3 cm³/mol. The van der Waals surface area contributed by atoms with Crippen LogP contribution in [0.25, 0.3) is 0 Å². The molecule has 0 amide bonds. The number of hydrogen-bond donors (Lipinski definition) is 0. The van der Waals surface area contributed by atoms with Gasteiger partial charge in [0.2, 0.25) is 0 Å². The highest BCUT2D eigenvalue weighted by Gasteiger charge is 2.02. The second-order valence-corrected chi connectivity index (χ2v) is 2.28. The lowest BCUT2D eigenvalue weighted by Crippen LogP contribution is -1.94. The summed E-state index contributed by atoms with van der Waals surface area (Å²) in [6, 6.07) is 2.14. The zero-order chi connectivity index (χ0) is 7.82. The molecule has 0 aliphatic rings. The maximum atomic E-state index is 8.37. The van der Waals surface area contributed by atoms with Gasteiger partial charge in [-0.05, 0) is 18.8 Å². The van der Waals surface area contributed by atoms with Gasteiger partial charge in [-0.1, -0.05) is 12.2 Å². The van der Waals surface area contributed by atoms with E-state index in [4.69, 9.17) is 5.26 Å². The van der Waals surface area contributed by atoms with Gasteiger partial charge < -0.3 is 0 Å². The Hall–Kier alpha value is -1.03. The highest BCUT2D eigenvalue weighted by Crippen LogP contribution is 2.12. The van der Waals surface area contributed by atoms with Gasteiger partial charge in [0.15, 0.2) is 0 Å². The van der Waals surface area contributed by atoms with Crippen LogP contribution in [-0.2, 0) is 0 Å². The molecular weight excluding hydrogens is 122 g/mol. The lowest BCUT2D eigenvalue weighted by molar-refractivity contribution is 0.557. The Morgan fingerprint density at radius 3 is 2.10 bits per heavy atom. The molecule has 0 spiro atoms. The lowest BCUT2D eigenvalue weighted by Gasteiger charge is -2.05. The van der Waals surface area contributed by atoms with Gasteiger partial charge in [0.05, 0.1) is 6.07 Å². The first-order valence-corrected chi connectivity index (χ1v) is 3.43. The fourth-order valence-corrected chi connectivity index (χ4v) is 0.863. The number of allylic oxidation sites excluding steroid dienone is 2. The first kappa shape index (κ1) is 8.97. The van der Waals surface area contributed by atoms with Crippen molar-refractivity contribution in [2.75, 3.05) is 0 Å². The van der Waals surface area contributed by atoms with Crippen molar-refractivity contribution in [1.29, 1.82) is 5.26 Å². The summed E-state index contributed by atoms with van der Waals surface area (Å²) in [6.07, 6.45) is 6.15. The van der Waals surface area contributed by atoms with Gasteiger partial charge in [0.25, 0.3) is 0 Å². The molecule has 0 fully saturated rings. The fourth-order valence-electron chi connectivity index (χ4n) is 0.863. The number of nitriles is 1. The van der Waals surface area contributed by atoms with E-state index in [0.29, 0.717) is 12.3 Å². The minimum absolute atomic E-state index is 0.431. The molecule has 0 radical (unpaired) electrons. The third kappa shape index (κ3) is 3.91. The van der Waals surface area contributed by atoms with Crippen LogP contribution in [0.4, 0.5) is 0 Å². The van der Waals surface area contributed by atoms with Crippen molar-refractivity contribution in [2.45, 2.75) is 19.3 Å². The van der Waals surface area contributed by atoms with Crippen LogP contribution in [0.15, 0.2) is 25.3 Å². The summed E-state index contributed by atoms with van der Waals surface area (Å²) in [4.78, 5) is 0. The molecule has 0 aromatic rings. The molecule has 54 valence electrons. The second-order valence-electron chi connectivity index (χ2n) is 2.28. The van der Waals surface area contributed by atoms with Crippen LogP contribution in [0.2, 0.25) is 0 Å².